The quantitative estimate of drug-likeness (QED) is 0.494. The van der Waals surface area contributed by atoms with Crippen LogP contribution in [0.5, 0.6) is 0 Å². The van der Waals surface area contributed by atoms with Gasteiger partial charge in [0.25, 0.3) is 11.6 Å². The number of carbonyl (C=O) groups is 2. The minimum absolute atomic E-state index is 0.0131. The van der Waals surface area contributed by atoms with E-state index in [1.54, 1.807) is 26.0 Å². The molecule has 0 aliphatic heterocycles. The molecule has 0 fully saturated rings. The van der Waals surface area contributed by atoms with Crippen LogP contribution in [0, 0.1) is 17.0 Å². The minimum atomic E-state index is -0.807. The molecule has 0 radical (unpaired) electrons. The lowest BCUT2D eigenvalue weighted by Crippen LogP contribution is -2.31. The molecule has 0 bridgehead atoms. The lowest BCUT2D eigenvalue weighted by Gasteiger charge is -2.11. The van der Waals surface area contributed by atoms with Gasteiger partial charge in [-0.25, -0.2) is 4.79 Å². The maximum absolute atomic E-state index is 11.9. The van der Waals surface area contributed by atoms with Crippen LogP contribution in [0.4, 0.5) is 5.69 Å². The minimum Gasteiger partial charge on any atom is -0.467 e. The Morgan fingerprint density at radius 2 is 2.12 bits per heavy atom. The number of ether oxygens (including phenoxy) is 1. The molecule has 2 aromatic rings. The number of nitrogens with one attached hydrogen (secondary N) is 1. The summed E-state index contributed by atoms with van der Waals surface area (Å²) in [5.74, 6) is -0.739. The summed E-state index contributed by atoms with van der Waals surface area (Å²) in [5, 5.41) is 13.5. The average molecular weight is 332 g/mol. The van der Waals surface area contributed by atoms with Gasteiger partial charge in [-0.2, -0.15) is 0 Å². The van der Waals surface area contributed by atoms with Crippen molar-refractivity contribution in [1.29, 1.82) is 0 Å². The van der Waals surface area contributed by atoms with E-state index in [9.17, 15) is 19.7 Å². The van der Waals surface area contributed by atoms with Gasteiger partial charge in [-0.05, 0) is 32.0 Å². The molecular weight excluding hydrogens is 316 g/mol. The molecule has 2 rings (SSSR count). The summed E-state index contributed by atoms with van der Waals surface area (Å²) in [6.45, 7) is 2.80. The first-order valence-electron chi connectivity index (χ1n) is 7.13. The highest BCUT2D eigenvalue weighted by Crippen LogP contribution is 2.19. The van der Waals surface area contributed by atoms with Crippen LogP contribution in [0.2, 0.25) is 0 Å². The SMILES string of the molecule is Cc1ccc(C(=O)OCC(=O)N[C@H](C)c2ccco2)cc1[N+](=O)[O-]. The maximum atomic E-state index is 11.9. The first-order valence-corrected chi connectivity index (χ1v) is 7.13. The highest BCUT2D eigenvalue weighted by atomic mass is 16.6. The molecule has 24 heavy (non-hydrogen) atoms. The number of nitro benzene ring substituents is 1. The summed E-state index contributed by atoms with van der Waals surface area (Å²) in [5.41, 5.74) is 0.265. The van der Waals surface area contributed by atoms with E-state index in [1.165, 1.54) is 18.4 Å². The van der Waals surface area contributed by atoms with Crippen molar-refractivity contribution in [3.63, 3.8) is 0 Å². The predicted molar refractivity (Wildman–Crippen MR) is 83.4 cm³/mol. The monoisotopic (exact) mass is 332 g/mol. The van der Waals surface area contributed by atoms with Gasteiger partial charge in [0.2, 0.25) is 0 Å². The summed E-state index contributed by atoms with van der Waals surface area (Å²) in [6.07, 6.45) is 1.49. The molecular formula is C16H16N2O6. The highest BCUT2D eigenvalue weighted by molar-refractivity contribution is 5.92. The number of nitrogens with zero attached hydrogens (tertiary/aromatic N) is 1. The number of aryl methyl sites for hydroxylation is 1. The summed E-state index contributed by atoms with van der Waals surface area (Å²) >= 11 is 0. The van der Waals surface area contributed by atoms with Crippen LogP contribution in [-0.4, -0.2) is 23.4 Å². The summed E-state index contributed by atoms with van der Waals surface area (Å²) in [4.78, 5) is 34.0. The second kappa shape index (κ2) is 7.40. The number of carbonyl (C=O) groups excluding carboxylic acids is 2. The van der Waals surface area contributed by atoms with Crippen LogP contribution in [0.25, 0.3) is 0 Å². The fraction of sp³-hybridized carbons (Fsp3) is 0.250. The van der Waals surface area contributed by atoms with Gasteiger partial charge in [0.15, 0.2) is 6.61 Å². The van der Waals surface area contributed by atoms with Crippen LogP contribution in [-0.2, 0) is 9.53 Å². The van der Waals surface area contributed by atoms with Gasteiger partial charge < -0.3 is 14.5 Å². The van der Waals surface area contributed by atoms with E-state index in [-0.39, 0.29) is 17.3 Å². The van der Waals surface area contributed by atoms with Gasteiger partial charge in [-0.3, -0.25) is 14.9 Å². The number of benzene rings is 1. The Morgan fingerprint density at radius 3 is 2.75 bits per heavy atom. The van der Waals surface area contributed by atoms with Crippen LogP contribution < -0.4 is 5.32 Å². The summed E-state index contributed by atoms with van der Waals surface area (Å²) < 4.78 is 10.0. The Labute approximate surface area is 137 Å². The van der Waals surface area contributed by atoms with E-state index in [2.05, 4.69) is 5.32 Å². The van der Waals surface area contributed by atoms with Gasteiger partial charge in [0.1, 0.15) is 5.76 Å². The Kier molecular flexibility index (Phi) is 5.31. The van der Waals surface area contributed by atoms with E-state index in [4.69, 9.17) is 9.15 Å². The van der Waals surface area contributed by atoms with Crippen molar-refractivity contribution in [2.45, 2.75) is 19.9 Å². The van der Waals surface area contributed by atoms with Crippen molar-refractivity contribution in [3.8, 4) is 0 Å². The van der Waals surface area contributed by atoms with Gasteiger partial charge in [0.05, 0.1) is 22.8 Å². The van der Waals surface area contributed by atoms with E-state index in [1.807, 2.05) is 0 Å². The third kappa shape index (κ3) is 4.19. The molecule has 1 N–H and O–H groups in total. The van der Waals surface area contributed by atoms with Gasteiger partial charge in [-0.1, -0.05) is 6.07 Å². The lowest BCUT2D eigenvalue weighted by molar-refractivity contribution is -0.385. The molecule has 1 heterocycles. The third-order valence-corrected chi connectivity index (χ3v) is 3.32. The number of rotatable bonds is 6. The zero-order valence-corrected chi connectivity index (χ0v) is 13.1. The highest BCUT2D eigenvalue weighted by Gasteiger charge is 2.18. The van der Waals surface area contributed by atoms with Gasteiger partial charge in [0, 0.05) is 11.6 Å². The molecule has 0 unspecified atom stereocenters. The van der Waals surface area contributed by atoms with E-state index in [0.717, 1.165) is 6.07 Å². The number of nitro groups is 1. The molecule has 1 aromatic carbocycles. The number of hydrogen-bond acceptors (Lipinski definition) is 6. The predicted octanol–water partition coefficient (Wildman–Crippen LogP) is 2.53. The number of esters is 1. The Morgan fingerprint density at radius 1 is 1.38 bits per heavy atom. The normalized spacial score (nSPS) is 11.6. The Balaban J connectivity index is 1.92. The second-order valence-electron chi connectivity index (χ2n) is 5.14. The van der Waals surface area contributed by atoms with Gasteiger partial charge in [-0.15, -0.1) is 0 Å². The van der Waals surface area contributed by atoms with Crippen molar-refractivity contribution in [2.24, 2.45) is 0 Å². The molecule has 0 saturated carbocycles. The fourth-order valence-corrected chi connectivity index (χ4v) is 2.04. The van der Waals surface area contributed by atoms with Crippen molar-refractivity contribution in [1.82, 2.24) is 5.32 Å². The van der Waals surface area contributed by atoms with Crippen molar-refractivity contribution in [2.75, 3.05) is 6.61 Å². The number of hydrogen-bond donors (Lipinski definition) is 1. The molecule has 1 amide bonds. The molecule has 126 valence electrons. The topological polar surface area (TPSA) is 112 Å². The molecule has 8 heteroatoms. The number of amides is 1. The maximum Gasteiger partial charge on any atom is 0.338 e. The molecule has 0 aliphatic rings. The Bertz CT molecular complexity index is 754. The molecule has 1 atom stereocenters. The Hall–Kier alpha value is -3.16. The van der Waals surface area contributed by atoms with Gasteiger partial charge >= 0.3 is 5.97 Å². The summed E-state index contributed by atoms with van der Waals surface area (Å²) in [6, 6.07) is 7.03. The van der Waals surface area contributed by atoms with Crippen LogP contribution in [0.3, 0.4) is 0 Å². The van der Waals surface area contributed by atoms with Crippen molar-refractivity contribution in [3.05, 3.63) is 63.6 Å². The van der Waals surface area contributed by atoms with Crippen LogP contribution in [0.15, 0.2) is 41.0 Å². The molecule has 8 nitrogen and oxygen atoms in total. The smallest absolute Gasteiger partial charge is 0.338 e. The first-order chi connectivity index (χ1) is 11.4. The van der Waals surface area contributed by atoms with Crippen molar-refractivity contribution < 1.29 is 23.7 Å². The van der Waals surface area contributed by atoms with Crippen LogP contribution in [0.1, 0.15) is 34.6 Å². The standard InChI is InChI=1S/C16H16N2O6/c1-10-5-6-12(8-13(10)18(21)22)16(20)24-9-15(19)17-11(2)14-4-3-7-23-14/h3-8,11H,9H2,1-2H3,(H,17,19)/t11-/m1/s1. The zero-order valence-electron chi connectivity index (χ0n) is 13.1. The fourth-order valence-electron chi connectivity index (χ4n) is 2.04. The number of furan rings is 1. The third-order valence-electron chi connectivity index (χ3n) is 3.32. The molecule has 0 spiro atoms. The lowest BCUT2D eigenvalue weighted by atomic mass is 10.1. The van der Waals surface area contributed by atoms with E-state index in [0.29, 0.717) is 11.3 Å². The summed E-state index contributed by atoms with van der Waals surface area (Å²) in [7, 11) is 0. The first kappa shape index (κ1) is 17.2. The molecule has 0 aliphatic carbocycles. The van der Waals surface area contributed by atoms with E-state index >= 15 is 0 Å². The van der Waals surface area contributed by atoms with E-state index < -0.39 is 23.4 Å². The average Bonchev–Trinajstić information content (AvgIpc) is 3.07. The zero-order chi connectivity index (χ0) is 17.7. The largest absolute Gasteiger partial charge is 0.467 e. The molecule has 0 saturated heterocycles. The van der Waals surface area contributed by atoms with Crippen molar-refractivity contribution >= 4 is 17.6 Å². The second-order valence-corrected chi connectivity index (χ2v) is 5.14. The van der Waals surface area contributed by atoms with Crippen LogP contribution >= 0.6 is 0 Å². The molecule has 1 aromatic heterocycles.